The molecular formula is C11H18N4O3S2. The van der Waals surface area contributed by atoms with Crippen LogP contribution in [0.15, 0.2) is 0 Å². The molecule has 0 spiro atoms. The van der Waals surface area contributed by atoms with Crippen molar-refractivity contribution in [1.29, 1.82) is 0 Å². The third-order valence-corrected chi connectivity index (χ3v) is 5.51. The highest BCUT2D eigenvalue weighted by Gasteiger charge is 2.36. The lowest BCUT2D eigenvalue weighted by Crippen LogP contribution is -2.45. The number of nitrogens with one attached hydrogen (secondary N) is 1. The van der Waals surface area contributed by atoms with Crippen LogP contribution in [0.1, 0.15) is 29.8 Å². The van der Waals surface area contributed by atoms with Crippen molar-refractivity contribution in [2.45, 2.75) is 38.8 Å². The van der Waals surface area contributed by atoms with Crippen LogP contribution in [0.4, 0.5) is 0 Å². The molecule has 1 aromatic rings. The predicted molar refractivity (Wildman–Crippen MR) is 75.7 cm³/mol. The highest BCUT2D eigenvalue weighted by molar-refractivity contribution is 7.88. The summed E-state index contributed by atoms with van der Waals surface area (Å²) < 4.78 is 24.4. The highest BCUT2D eigenvalue weighted by Crippen LogP contribution is 2.20. The first-order valence-electron chi connectivity index (χ1n) is 6.47. The van der Waals surface area contributed by atoms with E-state index in [-0.39, 0.29) is 5.91 Å². The lowest BCUT2D eigenvalue weighted by atomic mass is 10.2. The van der Waals surface area contributed by atoms with E-state index in [4.69, 9.17) is 0 Å². The van der Waals surface area contributed by atoms with Gasteiger partial charge in [-0.05, 0) is 19.3 Å². The molecule has 0 radical (unpaired) electrons. The molecule has 0 bridgehead atoms. The van der Waals surface area contributed by atoms with E-state index in [2.05, 4.69) is 15.5 Å². The van der Waals surface area contributed by atoms with Gasteiger partial charge in [0.2, 0.25) is 15.9 Å². The molecule has 1 unspecified atom stereocenters. The van der Waals surface area contributed by atoms with Crippen molar-refractivity contribution in [3.05, 3.63) is 10.0 Å². The molecule has 7 nitrogen and oxygen atoms in total. The van der Waals surface area contributed by atoms with Crippen LogP contribution in [-0.4, -0.2) is 47.7 Å². The van der Waals surface area contributed by atoms with Crippen molar-refractivity contribution >= 4 is 27.3 Å². The van der Waals surface area contributed by atoms with E-state index in [0.29, 0.717) is 25.9 Å². The fourth-order valence-corrected chi connectivity index (χ4v) is 4.03. The maximum Gasteiger partial charge on any atom is 0.238 e. The Labute approximate surface area is 122 Å². The van der Waals surface area contributed by atoms with Crippen LogP contribution in [-0.2, 0) is 27.8 Å². The van der Waals surface area contributed by atoms with Crippen molar-refractivity contribution in [3.63, 3.8) is 0 Å². The molecule has 1 amide bonds. The lowest BCUT2D eigenvalue weighted by Gasteiger charge is -2.20. The Hall–Kier alpha value is -1.06. The minimum atomic E-state index is -3.33. The molecule has 1 saturated heterocycles. The van der Waals surface area contributed by atoms with Gasteiger partial charge in [-0.25, -0.2) is 8.42 Å². The number of hydrogen-bond acceptors (Lipinski definition) is 6. The smallest absolute Gasteiger partial charge is 0.238 e. The third-order valence-electron chi connectivity index (χ3n) is 3.16. The highest BCUT2D eigenvalue weighted by atomic mass is 32.2. The SMILES string of the molecule is CCc1nnc(CNC(=O)C2CCCN2S(C)(=O)=O)s1. The standard InChI is InChI=1S/C11H18N4O3S2/c1-3-9-13-14-10(19-9)7-12-11(16)8-5-4-6-15(8)20(2,17)18/h8H,3-7H2,1-2H3,(H,12,16). The number of aryl methyl sites for hydroxylation is 1. The average Bonchev–Trinajstić information content (AvgIpc) is 3.03. The molecule has 1 aliphatic heterocycles. The van der Waals surface area contributed by atoms with Crippen LogP contribution >= 0.6 is 11.3 Å². The number of sulfonamides is 1. The first kappa shape index (κ1) is 15.3. The molecular weight excluding hydrogens is 300 g/mol. The van der Waals surface area contributed by atoms with Crippen LogP contribution in [0.2, 0.25) is 0 Å². The van der Waals surface area contributed by atoms with Crippen LogP contribution < -0.4 is 5.32 Å². The van der Waals surface area contributed by atoms with Crippen LogP contribution in [0.3, 0.4) is 0 Å². The maximum absolute atomic E-state index is 12.1. The Morgan fingerprint density at radius 2 is 2.15 bits per heavy atom. The summed E-state index contributed by atoms with van der Waals surface area (Å²) in [4.78, 5) is 12.1. The fourth-order valence-electron chi connectivity index (χ4n) is 2.18. The lowest BCUT2D eigenvalue weighted by molar-refractivity contribution is -0.124. The maximum atomic E-state index is 12.1. The summed E-state index contributed by atoms with van der Waals surface area (Å²) in [5.41, 5.74) is 0. The number of aromatic nitrogens is 2. The zero-order chi connectivity index (χ0) is 14.8. The molecule has 1 fully saturated rings. The molecule has 0 aliphatic carbocycles. The first-order valence-corrected chi connectivity index (χ1v) is 9.14. The second kappa shape index (κ2) is 6.15. The summed E-state index contributed by atoms with van der Waals surface area (Å²) in [6, 6.07) is -0.594. The van der Waals surface area contributed by atoms with Crippen molar-refractivity contribution in [3.8, 4) is 0 Å². The monoisotopic (exact) mass is 318 g/mol. The Morgan fingerprint density at radius 1 is 1.45 bits per heavy atom. The van der Waals surface area contributed by atoms with Crippen LogP contribution in [0.5, 0.6) is 0 Å². The normalized spacial score (nSPS) is 20.2. The van der Waals surface area contributed by atoms with E-state index in [1.807, 2.05) is 6.92 Å². The largest absolute Gasteiger partial charge is 0.348 e. The number of hydrogen-bond donors (Lipinski definition) is 1. The molecule has 1 aromatic heterocycles. The van der Waals surface area contributed by atoms with E-state index in [0.717, 1.165) is 22.7 Å². The molecule has 9 heteroatoms. The number of carbonyl (C=O) groups is 1. The van der Waals surface area contributed by atoms with Gasteiger partial charge in [-0.1, -0.05) is 18.3 Å². The van der Waals surface area contributed by atoms with Gasteiger partial charge in [0.1, 0.15) is 16.1 Å². The second-order valence-electron chi connectivity index (χ2n) is 4.69. The van der Waals surface area contributed by atoms with Crippen molar-refractivity contribution in [1.82, 2.24) is 19.8 Å². The Morgan fingerprint density at radius 3 is 2.75 bits per heavy atom. The van der Waals surface area contributed by atoms with Crippen molar-refractivity contribution in [2.24, 2.45) is 0 Å². The van der Waals surface area contributed by atoms with Gasteiger partial charge in [-0.15, -0.1) is 10.2 Å². The number of nitrogens with zero attached hydrogens (tertiary/aromatic N) is 3. The topological polar surface area (TPSA) is 92.3 Å². The number of carbonyl (C=O) groups excluding carboxylic acids is 1. The van der Waals surface area contributed by atoms with E-state index < -0.39 is 16.1 Å². The van der Waals surface area contributed by atoms with Gasteiger partial charge in [-0.2, -0.15) is 4.31 Å². The molecule has 20 heavy (non-hydrogen) atoms. The zero-order valence-corrected chi connectivity index (χ0v) is 13.1. The van der Waals surface area contributed by atoms with Gasteiger partial charge in [-0.3, -0.25) is 4.79 Å². The average molecular weight is 318 g/mol. The predicted octanol–water partition coefficient (Wildman–Crippen LogP) is 0.141. The third kappa shape index (κ3) is 3.53. The molecule has 0 aromatic carbocycles. The first-order chi connectivity index (χ1) is 9.41. The fraction of sp³-hybridized carbons (Fsp3) is 0.727. The molecule has 1 atom stereocenters. The van der Waals surface area contributed by atoms with Gasteiger partial charge < -0.3 is 5.32 Å². The summed E-state index contributed by atoms with van der Waals surface area (Å²) in [6.07, 6.45) is 3.23. The van der Waals surface area contributed by atoms with Gasteiger partial charge in [0.15, 0.2) is 0 Å². The Kier molecular flexibility index (Phi) is 4.71. The summed E-state index contributed by atoms with van der Waals surface area (Å²) >= 11 is 1.45. The van der Waals surface area contributed by atoms with Crippen molar-refractivity contribution < 1.29 is 13.2 Å². The number of rotatable bonds is 5. The molecule has 1 N–H and O–H groups in total. The van der Waals surface area contributed by atoms with E-state index >= 15 is 0 Å². The quantitative estimate of drug-likeness (QED) is 0.834. The van der Waals surface area contributed by atoms with Gasteiger partial charge in [0, 0.05) is 6.54 Å². The Bertz CT molecular complexity index is 584. The van der Waals surface area contributed by atoms with Gasteiger partial charge >= 0.3 is 0 Å². The molecule has 112 valence electrons. The molecule has 1 aliphatic rings. The minimum Gasteiger partial charge on any atom is -0.348 e. The molecule has 2 rings (SSSR count). The molecule has 0 saturated carbocycles. The van der Waals surface area contributed by atoms with E-state index in [1.165, 1.54) is 15.6 Å². The zero-order valence-electron chi connectivity index (χ0n) is 11.5. The van der Waals surface area contributed by atoms with E-state index in [1.54, 1.807) is 0 Å². The summed E-state index contributed by atoms with van der Waals surface area (Å²) in [5.74, 6) is -0.263. The summed E-state index contributed by atoms with van der Waals surface area (Å²) in [7, 11) is -3.33. The summed E-state index contributed by atoms with van der Waals surface area (Å²) in [6.45, 7) is 2.70. The summed E-state index contributed by atoms with van der Waals surface area (Å²) in [5, 5.41) is 12.4. The second-order valence-corrected chi connectivity index (χ2v) is 7.77. The van der Waals surface area contributed by atoms with Crippen LogP contribution in [0.25, 0.3) is 0 Å². The minimum absolute atomic E-state index is 0.263. The van der Waals surface area contributed by atoms with Crippen LogP contribution in [0, 0.1) is 0 Å². The van der Waals surface area contributed by atoms with E-state index in [9.17, 15) is 13.2 Å². The molecule has 2 heterocycles. The van der Waals surface area contributed by atoms with Gasteiger partial charge in [0.25, 0.3) is 0 Å². The Balaban J connectivity index is 1.94. The van der Waals surface area contributed by atoms with Gasteiger partial charge in [0.05, 0.1) is 12.8 Å². The number of amides is 1. The van der Waals surface area contributed by atoms with Crippen molar-refractivity contribution in [2.75, 3.05) is 12.8 Å².